The smallest absolute Gasteiger partial charge is 0.306 e. The first-order chi connectivity index (χ1) is 13.7. The predicted molar refractivity (Wildman–Crippen MR) is 106 cm³/mol. The van der Waals surface area contributed by atoms with Gasteiger partial charge in [-0.2, -0.15) is 0 Å². The standard InChI is InChI=1S/C23H25NO4/c1-26-20-9-8-17(11-21(20)27-2)10-18-14-24(13-16-6-4-3-5-7-16)15-22-19(18)12-23(25)28-22/h3-9,11,14,19,22H,10,12-13,15H2,1-2H3/t19-,22+/m1/s1. The van der Waals surface area contributed by atoms with E-state index in [0.29, 0.717) is 17.9 Å². The van der Waals surface area contributed by atoms with Crippen molar-refractivity contribution in [3.63, 3.8) is 0 Å². The minimum Gasteiger partial charge on any atom is -0.493 e. The van der Waals surface area contributed by atoms with Crippen LogP contribution in [0.4, 0.5) is 0 Å². The first-order valence-electron chi connectivity index (χ1n) is 9.55. The molecule has 2 aliphatic heterocycles. The summed E-state index contributed by atoms with van der Waals surface area (Å²) >= 11 is 0. The second-order valence-corrected chi connectivity index (χ2v) is 7.32. The van der Waals surface area contributed by atoms with Gasteiger partial charge in [0.1, 0.15) is 6.10 Å². The van der Waals surface area contributed by atoms with Gasteiger partial charge in [-0.05, 0) is 41.5 Å². The Kier molecular flexibility index (Phi) is 5.24. The van der Waals surface area contributed by atoms with Crippen molar-refractivity contribution in [1.29, 1.82) is 0 Å². The molecule has 2 aromatic carbocycles. The number of fused-ring (bicyclic) bond motifs is 1. The van der Waals surface area contributed by atoms with E-state index < -0.39 is 0 Å². The fourth-order valence-electron chi connectivity index (χ4n) is 4.09. The highest BCUT2D eigenvalue weighted by Gasteiger charge is 2.40. The van der Waals surface area contributed by atoms with E-state index in [9.17, 15) is 4.79 Å². The van der Waals surface area contributed by atoms with Crippen molar-refractivity contribution in [2.75, 3.05) is 20.8 Å². The number of rotatable bonds is 6. The summed E-state index contributed by atoms with van der Waals surface area (Å²) in [6.07, 6.45) is 3.36. The van der Waals surface area contributed by atoms with Crippen molar-refractivity contribution in [3.05, 3.63) is 71.4 Å². The van der Waals surface area contributed by atoms with E-state index in [1.807, 2.05) is 36.4 Å². The van der Waals surface area contributed by atoms with Gasteiger partial charge < -0.3 is 19.1 Å². The number of benzene rings is 2. The number of carbonyl (C=O) groups is 1. The van der Waals surface area contributed by atoms with Crippen LogP contribution in [0.5, 0.6) is 11.5 Å². The van der Waals surface area contributed by atoms with Crippen LogP contribution in [0.2, 0.25) is 0 Å². The lowest BCUT2D eigenvalue weighted by atomic mass is 9.85. The van der Waals surface area contributed by atoms with E-state index in [0.717, 1.165) is 25.1 Å². The molecule has 0 amide bonds. The van der Waals surface area contributed by atoms with E-state index >= 15 is 0 Å². The van der Waals surface area contributed by atoms with Crippen molar-refractivity contribution < 1.29 is 19.0 Å². The lowest BCUT2D eigenvalue weighted by Crippen LogP contribution is -2.37. The molecule has 28 heavy (non-hydrogen) atoms. The van der Waals surface area contributed by atoms with Crippen LogP contribution in [0.15, 0.2) is 60.3 Å². The molecule has 0 spiro atoms. The molecule has 0 radical (unpaired) electrons. The second kappa shape index (κ2) is 7.97. The molecule has 0 saturated carbocycles. The van der Waals surface area contributed by atoms with Crippen LogP contribution >= 0.6 is 0 Å². The second-order valence-electron chi connectivity index (χ2n) is 7.32. The van der Waals surface area contributed by atoms with Gasteiger partial charge in [-0.1, -0.05) is 36.4 Å². The number of hydrogen-bond donors (Lipinski definition) is 0. The van der Waals surface area contributed by atoms with Gasteiger partial charge in [0.05, 0.1) is 27.2 Å². The van der Waals surface area contributed by atoms with Crippen LogP contribution in [-0.2, 0) is 22.5 Å². The molecular formula is C23H25NO4. The lowest BCUT2D eigenvalue weighted by Gasteiger charge is -2.34. The van der Waals surface area contributed by atoms with Crippen LogP contribution < -0.4 is 9.47 Å². The Morgan fingerprint density at radius 2 is 1.82 bits per heavy atom. The first-order valence-corrected chi connectivity index (χ1v) is 9.55. The highest BCUT2D eigenvalue weighted by molar-refractivity contribution is 5.73. The fraction of sp³-hybridized carbons (Fsp3) is 0.348. The van der Waals surface area contributed by atoms with E-state index in [1.54, 1.807) is 14.2 Å². The highest BCUT2D eigenvalue weighted by atomic mass is 16.6. The lowest BCUT2D eigenvalue weighted by molar-refractivity contribution is -0.142. The van der Waals surface area contributed by atoms with Gasteiger partial charge >= 0.3 is 5.97 Å². The minimum atomic E-state index is -0.102. The van der Waals surface area contributed by atoms with E-state index in [4.69, 9.17) is 14.2 Å². The van der Waals surface area contributed by atoms with Crippen molar-refractivity contribution >= 4 is 5.97 Å². The van der Waals surface area contributed by atoms with Crippen LogP contribution in [0.1, 0.15) is 17.5 Å². The van der Waals surface area contributed by atoms with Crippen LogP contribution in [0.25, 0.3) is 0 Å². The largest absolute Gasteiger partial charge is 0.493 e. The Balaban J connectivity index is 1.59. The molecule has 0 bridgehead atoms. The summed E-state index contributed by atoms with van der Waals surface area (Å²) < 4.78 is 16.4. The number of hydrogen-bond acceptors (Lipinski definition) is 5. The monoisotopic (exact) mass is 379 g/mol. The molecule has 2 heterocycles. The topological polar surface area (TPSA) is 48.0 Å². The highest BCUT2D eigenvalue weighted by Crippen LogP contribution is 2.37. The molecule has 2 atom stereocenters. The van der Waals surface area contributed by atoms with Crippen LogP contribution in [0.3, 0.4) is 0 Å². The predicted octanol–water partition coefficient (Wildman–Crippen LogP) is 3.58. The third-order valence-electron chi connectivity index (χ3n) is 5.44. The zero-order valence-electron chi connectivity index (χ0n) is 16.3. The zero-order valence-corrected chi connectivity index (χ0v) is 16.3. The minimum absolute atomic E-state index is 0.0728. The van der Waals surface area contributed by atoms with Crippen molar-refractivity contribution in [2.24, 2.45) is 5.92 Å². The number of methoxy groups -OCH3 is 2. The molecule has 0 unspecified atom stereocenters. The summed E-state index contributed by atoms with van der Waals surface area (Å²) in [6.45, 7) is 1.54. The average Bonchev–Trinajstić information content (AvgIpc) is 3.09. The molecule has 0 aliphatic carbocycles. The quantitative estimate of drug-likeness (QED) is 0.718. The Hall–Kier alpha value is -2.95. The maximum absolute atomic E-state index is 12.0. The van der Waals surface area contributed by atoms with Gasteiger partial charge in [-0.25, -0.2) is 0 Å². The third kappa shape index (κ3) is 3.84. The van der Waals surface area contributed by atoms with E-state index in [-0.39, 0.29) is 18.0 Å². The van der Waals surface area contributed by atoms with Crippen LogP contribution in [-0.4, -0.2) is 37.7 Å². The van der Waals surface area contributed by atoms with Gasteiger partial charge in [0.15, 0.2) is 11.5 Å². The molecule has 2 aromatic rings. The molecule has 1 saturated heterocycles. The number of ether oxygens (including phenoxy) is 3. The number of carbonyl (C=O) groups excluding carboxylic acids is 1. The van der Waals surface area contributed by atoms with Gasteiger partial charge in [-0.3, -0.25) is 4.79 Å². The summed E-state index contributed by atoms with van der Waals surface area (Å²) in [7, 11) is 3.28. The summed E-state index contributed by atoms with van der Waals surface area (Å²) in [6, 6.07) is 16.3. The van der Waals surface area contributed by atoms with Crippen molar-refractivity contribution in [3.8, 4) is 11.5 Å². The molecule has 1 fully saturated rings. The van der Waals surface area contributed by atoms with Gasteiger partial charge in [0.25, 0.3) is 0 Å². The fourth-order valence-corrected chi connectivity index (χ4v) is 4.09. The SMILES string of the molecule is COc1ccc(CC2=CN(Cc3ccccc3)C[C@@H]3OC(=O)C[C@H]23)cc1OC. The first kappa shape index (κ1) is 18.4. The molecule has 0 aromatic heterocycles. The maximum Gasteiger partial charge on any atom is 0.306 e. The normalized spacial score (nSPS) is 21.0. The summed E-state index contributed by atoms with van der Waals surface area (Å²) in [5.41, 5.74) is 3.60. The molecular weight excluding hydrogens is 354 g/mol. The summed E-state index contributed by atoms with van der Waals surface area (Å²) in [5.74, 6) is 1.47. The average molecular weight is 379 g/mol. The zero-order chi connectivity index (χ0) is 19.5. The molecule has 0 N–H and O–H groups in total. The van der Waals surface area contributed by atoms with Crippen molar-refractivity contribution in [2.45, 2.75) is 25.5 Å². The van der Waals surface area contributed by atoms with Gasteiger partial charge in [0, 0.05) is 12.5 Å². The van der Waals surface area contributed by atoms with Gasteiger partial charge in [-0.15, -0.1) is 0 Å². The summed E-state index contributed by atoms with van der Waals surface area (Å²) in [5, 5.41) is 0. The Morgan fingerprint density at radius 3 is 2.57 bits per heavy atom. The Morgan fingerprint density at radius 1 is 1.04 bits per heavy atom. The molecule has 146 valence electrons. The molecule has 5 heteroatoms. The Bertz CT molecular complexity index is 877. The molecule has 2 aliphatic rings. The summed E-state index contributed by atoms with van der Waals surface area (Å²) in [4.78, 5) is 14.2. The number of esters is 1. The molecule has 4 rings (SSSR count). The van der Waals surface area contributed by atoms with Crippen molar-refractivity contribution in [1.82, 2.24) is 4.90 Å². The Labute approximate surface area is 165 Å². The van der Waals surface area contributed by atoms with E-state index in [1.165, 1.54) is 11.1 Å². The van der Waals surface area contributed by atoms with Crippen LogP contribution in [0, 0.1) is 5.92 Å². The number of nitrogens with zero attached hydrogens (tertiary/aromatic N) is 1. The maximum atomic E-state index is 12.0. The molecule has 5 nitrogen and oxygen atoms in total. The third-order valence-corrected chi connectivity index (χ3v) is 5.44. The van der Waals surface area contributed by atoms with E-state index in [2.05, 4.69) is 23.2 Å². The van der Waals surface area contributed by atoms with Gasteiger partial charge in [0.2, 0.25) is 0 Å².